The summed E-state index contributed by atoms with van der Waals surface area (Å²) in [7, 11) is 0. The molecule has 0 heterocycles. The highest BCUT2D eigenvalue weighted by Crippen LogP contribution is 1.94. The van der Waals surface area contributed by atoms with Gasteiger partial charge >= 0.3 is 5.97 Å². The van der Waals surface area contributed by atoms with Crippen LogP contribution in [0.5, 0.6) is 0 Å². The minimum absolute atomic E-state index is 0.0573. The molecule has 0 aliphatic carbocycles. The Labute approximate surface area is 72.0 Å². The van der Waals surface area contributed by atoms with Gasteiger partial charge in [-0.3, -0.25) is 9.59 Å². The van der Waals surface area contributed by atoms with Gasteiger partial charge in [-0.25, -0.2) is 0 Å². The van der Waals surface area contributed by atoms with Crippen LogP contribution in [-0.4, -0.2) is 23.5 Å². The van der Waals surface area contributed by atoms with Gasteiger partial charge in [0.05, 0.1) is 0 Å². The Morgan fingerprint density at radius 2 is 2.00 bits per heavy atom. The molecule has 0 aromatic heterocycles. The Morgan fingerprint density at radius 3 is 2.50 bits per heavy atom. The third-order valence-corrected chi connectivity index (χ3v) is 1.37. The summed E-state index contributed by atoms with van der Waals surface area (Å²) >= 11 is 0. The van der Waals surface area contributed by atoms with Crippen molar-refractivity contribution in [3.05, 3.63) is 0 Å². The Balaban J connectivity index is 3.25. The average molecular weight is 173 g/mol. The van der Waals surface area contributed by atoms with E-state index >= 15 is 0 Å². The molecular weight excluding hydrogens is 158 g/mol. The first-order valence-corrected chi connectivity index (χ1v) is 4.15. The standard InChI is InChI=1S/C8H15NO3/c1-2-6-9-7(10)4-3-5-8(11)12/h2-6H2,1H3,(H,9,10)(H,11,12). The van der Waals surface area contributed by atoms with Crippen LogP contribution in [0.1, 0.15) is 32.6 Å². The first-order valence-electron chi connectivity index (χ1n) is 4.15. The largest absolute Gasteiger partial charge is 0.481 e. The minimum Gasteiger partial charge on any atom is -0.481 e. The van der Waals surface area contributed by atoms with E-state index < -0.39 is 5.97 Å². The number of hydrogen-bond acceptors (Lipinski definition) is 2. The van der Waals surface area contributed by atoms with Gasteiger partial charge in [-0.1, -0.05) is 6.92 Å². The maximum Gasteiger partial charge on any atom is 0.303 e. The molecule has 0 aliphatic heterocycles. The van der Waals surface area contributed by atoms with Crippen molar-refractivity contribution in [1.82, 2.24) is 5.32 Å². The van der Waals surface area contributed by atoms with Crippen molar-refractivity contribution in [2.24, 2.45) is 0 Å². The summed E-state index contributed by atoms with van der Waals surface area (Å²) in [6, 6.07) is 0. The van der Waals surface area contributed by atoms with Crippen LogP contribution in [0.15, 0.2) is 0 Å². The lowest BCUT2D eigenvalue weighted by Gasteiger charge is -2.00. The first kappa shape index (κ1) is 10.9. The zero-order valence-corrected chi connectivity index (χ0v) is 7.30. The van der Waals surface area contributed by atoms with E-state index in [2.05, 4.69) is 5.32 Å². The number of aliphatic carboxylic acids is 1. The van der Waals surface area contributed by atoms with Crippen LogP contribution < -0.4 is 5.32 Å². The van der Waals surface area contributed by atoms with Crippen molar-refractivity contribution >= 4 is 11.9 Å². The van der Waals surface area contributed by atoms with Crippen LogP contribution >= 0.6 is 0 Å². The van der Waals surface area contributed by atoms with Gasteiger partial charge in [-0.2, -0.15) is 0 Å². The molecular formula is C8H15NO3. The highest BCUT2D eigenvalue weighted by Gasteiger charge is 2.01. The van der Waals surface area contributed by atoms with Crippen LogP contribution in [0, 0.1) is 0 Å². The van der Waals surface area contributed by atoms with Crippen LogP contribution in [-0.2, 0) is 9.59 Å². The SMILES string of the molecule is CCCNC(=O)CCCC(=O)O. The summed E-state index contributed by atoms with van der Waals surface area (Å²) in [6.07, 6.45) is 1.71. The summed E-state index contributed by atoms with van der Waals surface area (Å²) in [5, 5.41) is 10.9. The van der Waals surface area contributed by atoms with Crippen LogP contribution in [0.4, 0.5) is 0 Å². The van der Waals surface area contributed by atoms with Crippen molar-refractivity contribution in [3.8, 4) is 0 Å². The first-order chi connectivity index (χ1) is 5.66. The number of rotatable bonds is 6. The van der Waals surface area contributed by atoms with Crippen molar-refractivity contribution in [2.45, 2.75) is 32.6 Å². The molecule has 0 atom stereocenters. The van der Waals surface area contributed by atoms with Crippen LogP contribution in [0.25, 0.3) is 0 Å². The number of amides is 1. The van der Waals surface area contributed by atoms with Crippen LogP contribution in [0.2, 0.25) is 0 Å². The Morgan fingerprint density at radius 1 is 1.33 bits per heavy atom. The molecule has 0 saturated heterocycles. The maximum atomic E-state index is 10.9. The molecule has 0 bridgehead atoms. The topological polar surface area (TPSA) is 66.4 Å². The fraction of sp³-hybridized carbons (Fsp3) is 0.750. The van der Waals surface area contributed by atoms with Crippen LogP contribution in [0.3, 0.4) is 0 Å². The number of carboxylic acids is 1. The van der Waals surface area contributed by atoms with Crippen molar-refractivity contribution in [1.29, 1.82) is 0 Å². The Kier molecular flexibility index (Phi) is 6.05. The van der Waals surface area contributed by atoms with Gasteiger partial charge in [0.15, 0.2) is 0 Å². The highest BCUT2D eigenvalue weighted by atomic mass is 16.4. The monoisotopic (exact) mass is 173 g/mol. The van der Waals surface area contributed by atoms with Gasteiger partial charge in [-0.05, 0) is 12.8 Å². The average Bonchev–Trinajstić information content (AvgIpc) is 2.00. The molecule has 0 aromatic carbocycles. The van der Waals surface area contributed by atoms with E-state index in [9.17, 15) is 9.59 Å². The molecule has 0 spiro atoms. The predicted octanol–water partition coefficient (Wildman–Crippen LogP) is 0.767. The zero-order valence-electron chi connectivity index (χ0n) is 7.30. The van der Waals surface area contributed by atoms with E-state index in [1.165, 1.54) is 0 Å². The molecule has 0 rings (SSSR count). The highest BCUT2D eigenvalue weighted by molar-refractivity contribution is 5.76. The number of nitrogens with one attached hydrogen (secondary N) is 1. The van der Waals surface area contributed by atoms with Gasteiger partial charge in [0, 0.05) is 19.4 Å². The van der Waals surface area contributed by atoms with Crippen molar-refractivity contribution in [2.75, 3.05) is 6.54 Å². The summed E-state index contributed by atoms with van der Waals surface area (Å²) in [5.74, 6) is -0.906. The molecule has 0 radical (unpaired) electrons. The van der Waals surface area contributed by atoms with Gasteiger partial charge in [0.1, 0.15) is 0 Å². The summed E-state index contributed by atoms with van der Waals surface area (Å²) in [6.45, 7) is 2.64. The van der Waals surface area contributed by atoms with Gasteiger partial charge in [0.2, 0.25) is 5.91 Å². The van der Waals surface area contributed by atoms with Crippen molar-refractivity contribution in [3.63, 3.8) is 0 Å². The second-order valence-corrected chi connectivity index (χ2v) is 2.60. The van der Waals surface area contributed by atoms with E-state index in [0.29, 0.717) is 19.4 Å². The number of hydrogen-bond donors (Lipinski definition) is 2. The second kappa shape index (κ2) is 6.64. The Bertz CT molecular complexity index is 156. The lowest BCUT2D eigenvalue weighted by Crippen LogP contribution is -2.23. The predicted molar refractivity (Wildman–Crippen MR) is 44.8 cm³/mol. The fourth-order valence-electron chi connectivity index (χ4n) is 0.753. The smallest absolute Gasteiger partial charge is 0.303 e. The van der Waals surface area contributed by atoms with Gasteiger partial charge in [-0.15, -0.1) is 0 Å². The molecule has 0 unspecified atom stereocenters. The molecule has 4 nitrogen and oxygen atoms in total. The molecule has 0 aromatic rings. The number of carbonyl (C=O) groups excluding carboxylic acids is 1. The molecule has 4 heteroatoms. The minimum atomic E-state index is -0.849. The quantitative estimate of drug-likeness (QED) is 0.623. The Hall–Kier alpha value is -1.06. The fourth-order valence-corrected chi connectivity index (χ4v) is 0.753. The van der Waals surface area contributed by atoms with Crippen molar-refractivity contribution < 1.29 is 14.7 Å². The zero-order chi connectivity index (χ0) is 9.40. The summed E-state index contributed by atoms with van der Waals surface area (Å²) in [4.78, 5) is 20.9. The molecule has 0 fully saturated rings. The summed E-state index contributed by atoms with van der Waals surface area (Å²) < 4.78 is 0. The van der Waals surface area contributed by atoms with E-state index in [4.69, 9.17) is 5.11 Å². The van der Waals surface area contributed by atoms with E-state index in [0.717, 1.165) is 6.42 Å². The van der Waals surface area contributed by atoms with E-state index in [1.54, 1.807) is 0 Å². The molecule has 70 valence electrons. The van der Waals surface area contributed by atoms with Gasteiger partial charge < -0.3 is 10.4 Å². The third-order valence-electron chi connectivity index (χ3n) is 1.37. The number of carbonyl (C=O) groups is 2. The summed E-state index contributed by atoms with van der Waals surface area (Å²) in [5.41, 5.74) is 0. The molecule has 12 heavy (non-hydrogen) atoms. The van der Waals surface area contributed by atoms with Gasteiger partial charge in [0.25, 0.3) is 0 Å². The third kappa shape index (κ3) is 7.05. The van der Waals surface area contributed by atoms with E-state index in [1.807, 2.05) is 6.92 Å². The lowest BCUT2D eigenvalue weighted by atomic mass is 10.2. The molecule has 1 amide bonds. The lowest BCUT2D eigenvalue weighted by molar-refractivity contribution is -0.137. The molecule has 0 saturated carbocycles. The molecule has 0 aliphatic rings. The normalized spacial score (nSPS) is 9.42. The molecule has 2 N–H and O–H groups in total. The maximum absolute atomic E-state index is 10.9. The number of carboxylic acid groups (broad SMARTS) is 1. The van der Waals surface area contributed by atoms with E-state index in [-0.39, 0.29) is 12.3 Å². The second-order valence-electron chi connectivity index (χ2n) is 2.60.